The highest BCUT2D eigenvalue weighted by Crippen LogP contribution is 2.36. The number of carbonyl (C=O) groups is 1. The summed E-state index contributed by atoms with van der Waals surface area (Å²) in [5, 5.41) is 4.29. The molecule has 0 aliphatic carbocycles. The van der Waals surface area contributed by atoms with Gasteiger partial charge in [-0.1, -0.05) is 58.5 Å². The Morgan fingerprint density at radius 3 is 2.45 bits per heavy atom. The summed E-state index contributed by atoms with van der Waals surface area (Å²) in [7, 11) is 0. The van der Waals surface area contributed by atoms with Gasteiger partial charge in [0.2, 0.25) is 11.2 Å². The van der Waals surface area contributed by atoms with Gasteiger partial charge in [0, 0.05) is 15.6 Å². The van der Waals surface area contributed by atoms with Crippen LogP contribution in [0.3, 0.4) is 0 Å². The summed E-state index contributed by atoms with van der Waals surface area (Å²) in [6.45, 7) is 1.32. The van der Waals surface area contributed by atoms with Crippen LogP contribution >= 0.6 is 46.4 Å². The lowest BCUT2D eigenvalue weighted by molar-refractivity contribution is -0.118. The maximum absolute atomic E-state index is 13.3. The van der Waals surface area contributed by atoms with E-state index >= 15 is 0 Å². The summed E-state index contributed by atoms with van der Waals surface area (Å²) in [6.07, 6.45) is 0. The molecule has 0 aliphatic rings. The van der Waals surface area contributed by atoms with Crippen molar-refractivity contribution in [1.29, 1.82) is 0 Å². The van der Waals surface area contributed by atoms with Crippen molar-refractivity contribution in [3.05, 3.63) is 90.5 Å². The molecule has 0 aliphatic heterocycles. The monoisotopic (exact) mass is 521 g/mol. The Morgan fingerprint density at radius 1 is 0.970 bits per heavy atom. The molecule has 0 atom stereocenters. The highest BCUT2D eigenvalue weighted by molar-refractivity contribution is 6.36. The van der Waals surface area contributed by atoms with E-state index in [0.29, 0.717) is 31.9 Å². The zero-order valence-electron chi connectivity index (χ0n) is 17.0. The van der Waals surface area contributed by atoms with Crippen LogP contribution in [0.4, 0.5) is 5.69 Å². The first kappa shape index (κ1) is 23.5. The zero-order valence-corrected chi connectivity index (χ0v) is 20.1. The highest BCUT2D eigenvalue weighted by Gasteiger charge is 2.21. The van der Waals surface area contributed by atoms with Gasteiger partial charge in [-0.05, 0) is 55.0 Å². The standard InChI is InChI=1S/C24H15Cl4NO4/c1-12-8-20-15(10-17(12)27)22(31)24(23(33-20)14-4-2-3-5-16(14)26)32-11-21(30)29-19-7-6-13(25)9-18(19)28/h2-10H,11H2,1H3,(H,29,30). The predicted molar refractivity (Wildman–Crippen MR) is 133 cm³/mol. The average molecular weight is 523 g/mol. The number of halogens is 4. The Bertz CT molecular complexity index is 1450. The number of ether oxygens (including phenoxy) is 1. The van der Waals surface area contributed by atoms with Crippen LogP contribution in [0, 0.1) is 6.92 Å². The maximum atomic E-state index is 13.3. The molecule has 4 aromatic rings. The van der Waals surface area contributed by atoms with Crippen molar-refractivity contribution in [3.8, 4) is 17.1 Å². The van der Waals surface area contributed by atoms with Gasteiger partial charge in [0.1, 0.15) is 5.58 Å². The molecule has 168 valence electrons. The molecule has 1 heterocycles. The van der Waals surface area contributed by atoms with Crippen molar-refractivity contribution >= 4 is 69.0 Å². The van der Waals surface area contributed by atoms with Gasteiger partial charge in [-0.3, -0.25) is 9.59 Å². The molecular weight excluding hydrogens is 508 g/mol. The second-order valence-electron chi connectivity index (χ2n) is 7.13. The number of hydrogen-bond acceptors (Lipinski definition) is 4. The van der Waals surface area contributed by atoms with Crippen LogP contribution in [0.2, 0.25) is 20.1 Å². The third-order valence-corrected chi connectivity index (χ3v) is 6.09. The van der Waals surface area contributed by atoms with E-state index in [4.69, 9.17) is 55.6 Å². The Morgan fingerprint density at radius 2 is 1.73 bits per heavy atom. The molecule has 0 saturated heterocycles. The third kappa shape index (κ3) is 4.97. The molecule has 9 heteroatoms. The van der Waals surface area contributed by atoms with Crippen molar-refractivity contribution in [3.63, 3.8) is 0 Å². The molecule has 1 amide bonds. The van der Waals surface area contributed by atoms with Crippen molar-refractivity contribution in [1.82, 2.24) is 0 Å². The minimum absolute atomic E-state index is 0.108. The summed E-state index contributed by atoms with van der Waals surface area (Å²) in [6, 6.07) is 14.7. The van der Waals surface area contributed by atoms with E-state index in [9.17, 15) is 9.59 Å². The van der Waals surface area contributed by atoms with Crippen LogP contribution in [0.25, 0.3) is 22.3 Å². The largest absolute Gasteiger partial charge is 0.476 e. The normalized spacial score (nSPS) is 10.9. The second kappa shape index (κ2) is 9.65. The summed E-state index contributed by atoms with van der Waals surface area (Å²) in [5.41, 5.74) is 1.38. The average Bonchev–Trinajstić information content (AvgIpc) is 2.77. The van der Waals surface area contributed by atoms with E-state index in [1.165, 1.54) is 12.1 Å². The number of hydrogen-bond donors (Lipinski definition) is 1. The van der Waals surface area contributed by atoms with Crippen molar-refractivity contribution in [2.75, 3.05) is 11.9 Å². The maximum Gasteiger partial charge on any atom is 0.262 e. The van der Waals surface area contributed by atoms with Crippen LogP contribution < -0.4 is 15.5 Å². The quantitative estimate of drug-likeness (QED) is 0.296. The molecule has 1 N–H and O–H groups in total. The lowest BCUT2D eigenvalue weighted by Crippen LogP contribution is -2.23. The van der Waals surface area contributed by atoms with E-state index in [1.807, 2.05) is 0 Å². The molecule has 0 saturated carbocycles. The van der Waals surface area contributed by atoms with Gasteiger partial charge in [0.05, 0.1) is 21.1 Å². The van der Waals surface area contributed by atoms with Crippen molar-refractivity contribution in [2.45, 2.75) is 6.92 Å². The lowest BCUT2D eigenvalue weighted by atomic mass is 10.1. The number of rotatable bonds is 5. The number of fused-ring (bicyclic) bond motifs is 1. The smallest absolute Gasteiger partial charge is 0.262 e. The van der Waals surface area contributed by atoms with E-state index < -0.39 is 17.9 Å². The summed E-state index contributed by atoms with van der Waals surface area (Å²) in [5.74, 6) is -0.587. The van der Waals surface area contributed by atoms with Crippen molar-refractivity contribution in [2.24, 2.45) is 0 Å². The fraction of sp³-hybridized carbons (Fsp3) is 0.0833. The summed E-state index contributed by atoms with van der Waals surface area (Å²) < 4.78 is 11.7. The van der Waals surface area contributed by atoms with Crippen LogP contribution in [0.1, 0.15) is 5.56 Å². The molecular formula is C24H15Cl4NO4. The predicted octanol–water partition coefficient (Wildman–Crippen LogP) is 7.40. The van der Waals surface area contributed by atoms with Crippen LogP contribution in [-0.4, -0.2) is 12.5 Å². The Kier molecular flexibility index (Phi) is 6.86. The first-order chi connectivity index (χ1) is 15.7. The molecule has 5 nitrogen and oxygen atoms in total. The fourth-order valence-corrected chi connectivity index (χ4v) is 4.01. The van der Waals surface area contributed by atoms with Crippen LogP contribution in [0.15, 0.2) is 63.8 Å². The molecule has 33 heavy (non-hydrogen) atoms. The zero-order chi connectivity index (χ0) is 23.7. The Labute approximate surface area is 208 Å². The van der Waals surface area contributed by atoms with Gasteiger partial charge in [0.25, 0.3) is 5.91 Å². The molecule has 0 bridgehead atoms. The van der Waals surface area contributed by atoms with E-state index in [1.54, 1.807) is 49.4 Å². The van der Waals surface area contributed by atoms with Crippen LogP contribution in [0.5, 0.6) is 5.75 Å². The first-order valence-corrected chi connectivity index (χ1v) is 11.2. The molecule has 1 aromatic heterocycles. The Balaban J connectivity index is 1.73. The molecule has 0 fully saturated rings. The third-order valence-electron chi connectivity index (χ3n) is 4.80. The number of aryl methyl sites for hydroxylation is 1. The number of amides is 1. The number of benzene rings is 3. The van der Waals surface area contributed by atoms with Gasteiger partial charge >= 0.3 is 0 Å². The molecule has 4 rings (SSSR count). The number of nitrogens with one attached hydrogen (secondary N) is 1. The Hall–Kier alpha value is -2.70. The number of carbonyl (C=O) groups excluding carboxylic acids is 1. The number of anilines is 1. The van der Waals surface area contributed by atoms with E-state index in [-0.39, 0.29) is 21.9 Å². The van der Waals surface area contributed by atoms with Crippen LogP contribution in [-0.2, 0) is 4.79 Å². The SMILES string of the molecule is Cc1cc2oc(-c3ccccc3Cl)c(OCC(=O)Nc3ccc(Cl)cc3Cl)c(=O)c2cc1Cl. The minimum Gasteiger partial charge on any atom is -0.476 e. The minimum atomic E-state index is -0.536. The molecule has 0 unspecified atom stereocenters. The first-order valence-electron chi connectivity index (χ1n) is 9.64. The van der Waals surface area contributed by atoms with Crippen molar-refractivity contribution < 1.29 is 13.9 Å². The summed E-state index contributed by atoms with van der Waals surface area (Å²) in [4.78, 5) is 25.8. The molecule has 0 spiro atoms. The molecule has 0 radical (unpaired) electrons. The highest BCUT2D eigenvalue weighted by atomic mass is 35.5. The van der Waals surface area contributed by atoms with E-state index in [2.05, 4.69) is 5.32 Å². The van der Waals surface area contributed by atoms with Gasteiger partial charge < -0.3 is 14.5 Å². The lowest BCUT2D eigenvalue weighted by Gasteiger charge is -2.13. The van der Waals surface area contributed by atoms with Gasteiger partial charge in [-0.15, -0.1) is 0 Å². The topological polar surface area (TPSA) is 68.5 Å². The van der Waals surface area contributed by atoms with Gasteiger partial charge in [0.15, 0.2) is 12.4 Å². The van der Waals surface area contributed by atoms with Gasteiger partial charge in [-0.2, -0.15) is 0 Å². The molecule has 3 aromatic carbocycles. The van der Waals surface area contributed by atoms with E-state index in [0.717, 1.165) is 5.56 Å². The second-order valence-corrected chi connectivity index (χ2v) is 8.79. The summed E-state index contributed by atoms with van der Waals surface area (Å²) >= 11 is 24.5. The van der Waals surface area contributed by atoms with Gasteiger partial charge in [-0.25, -0.2) is 0 Å². The fourth-order valence-electron chi connectivity index (χ4n) is 3.17.